The summed E-state index contributed by atoms with van der Waals surface area (Å²) >= 11 is 0. The summed E-state index contributed by atoms with van der Waals surface area (Å²) < 4.78 is 12.0. The predicted molar refractivity (Wildman–Crippen MR) is 77.2 cm³/mol. The highest BCUT2D eigenvalue weighted by atomic mass is 16.5. The predicted octanol–water partition coefficient (Wildman–Crippen LogP) is 2.46. The molecule has 2 heterocycles. The van der Waals surface area contributed by atoms with E-state index in [0.29, 0.717) is 5.88 Å². The van der Waals surface area contributed by atoms with Gasteiger partial charge in [-0.3, -0.25) is 0 Å². The first-order valence-electron chi connectivity index (χ1n) is 7.27. The smallest absolute Gasteiger partial charge is 0.238 e. The minimum atomic E-state index is 0.0880. The number of hydrogen-bond acceptors (Lipinski definition) is 5. The molecule has 0 amide bonds. The van der Waals surface area contributed by atoms with Crippen molar-refractivity contribution in [1.82, 2.24) is 15.5 Å². The lowest BCUT2D eigenvalue weighted by Crippen LogP contribution is -2.42. The highest BCUT2D eigenvalue weighted by Gasteiger charge is 2.47. The van der Waals surface area contributed by atoms with Gasteiger partial charge < -0.3 is 14.8 Å². The summed E-state index contributed by atoms with van der Waals surface area (Å²) in [5.41, 5.74) is 1.22. The van der Waals surface area contributed by atoms with Crippen LogP contribution in [0.25, 0.3) is 0 Å². The lowest BCUT2D eigenvalue weighted by Gasteiger charge is -2.31. The first kappa shape index (κ1) is 12.7. The van der Waals surface area contributed by atoms with Crippen LogP contribution in [-0.4, -0.2) is 28.9 Å². The van der Waals surface area contributed by atoms with Crippen LogP contribution in [0.3, 0.4) is 0 Å². The molecule has 2 aliphatic rings. The van der Waals surface area contributed by atoms with Gasteiger partial charge in [0.15, 0.2) is 0 Å². The summed E-state index contributed by atoms with van der Waals surface area (Å²) in [4.78, 5) is 0. The quantitative estimate of drug-likeness (QED) is 0.937. The Morgan fingerprint density at radius 3 is 3.00 bits per heavy atom. The van der Waals surface area contributed by atoms with Crippen molar-refractivity contribution < 1.29 is 9.47 Å². The van der Waals surface area contributed by atoms with Gasteiger partial charge in [-0.05, 0) is 36.6 Å². The molecule has 1 saturated heterocycles. The van der Waals surface area contributed by atoms with E-state index in [2.05, 4.69) is 21.6 Å². The fourth-order valence-electron chi connectivity index (χ4n) is 2.68. The molecule has 108 valence electrons. The average molecular weight is 283 g/mol. The standard InChI is InChI=1S/C16H17N3O2/c1-3-12(14-10-17-11-16(21-14)6-7-16)9-13(4-1)20-15-5-2-8-18-19-15/h1-5,8-9,14,17H,6-7,10-11H2. The number of nitrogens with zero attached hydrogens (tertiary/aromatic N) is 2. The van der Waals surface area contributed by atoms with Crippen molar-refractivity contribution in [2.45, 2.75) is 24.5 Å². The molecule has 5 nitrogen and oxygen atoms in total. The van der Waals surface area contributed by atoms with E-state index in [1.165, 1.54) is 0 Å². The summed E-state index contributed by atoms with van der Waals surface area (Å²) in [6.07, 6.45) is 4.03. The van der Waals surface area contributed by atoms with Gasteiger partial charge in [0.05, 0.1) is 11.7 Å². The van der Waals surface area contributed by atoms with Crippen molar-refractivity contribution >= 4 is 0 Å². The molecule has 2 aromatic rings. The van der Waals surface area contributed by atoms with Crippen LogP contribution < -0.4 is 10.1 Å². The van der Waals surface area contributed by atoms with Gasteiger partial charge in [0.1, 0.15) is 5.75 Å². The van der Waals surface area contributed by atoms with Gasteiger partial charge in [0.2, 0.25) is 5.88 Å². The number of benzene rings is 1. The van der Waals surface area contributed by atoms with Gasteiger partial charge in [-0.2, -0.15) is 5.10 Å². The molecule has 1 spiro atoms. The minimum absolute atomic E-state index is 0.0880. The molecule has 21 heavy (non-hydrogen) atoms. The number of aromatic nitrogens is 2. The molecule has 4 rings (SSSR count). The average Bonchev–Trinajstić information content (AvgIpc) is 3.27. The van der Waals surface area contributed by atoms with Crippen LogP contribution in [0.2, 0.25) is 0 Å². The van der Waals surface area contributed by atoms with Gasteiger partial charge >= 0.3 is 0 Å². The molecular weight excluding hydrogens is 266 g/mol. The molecule has 0 bridgehead atoms. The van der Waals surface area contributed by atoms with E-state index >= 15 is 0 Å². The number of morpholine rings is 1. The Morgan fingerprint density at radius 2 is 2.19 bits per heavy atom. The maximum atomic E-state index is 6.23. The fourth-order valence-corrected chi connectivity index (χ4v) is 2.68. The van der Waals surface area contributed by atoms with Gasteiger partial charge in [-0.1, -0.05) is 12.1 Å². The van der Waals surface area contributed by atoms with E-state index in [4.69, 9.17) is 9.47 Å². The molecule has 1 aliphatic heterocycles. The van der Waals surface area contributed by atoms with Gasteiger partial charge in [0.25, 0.3) is 0 Å². The Bertz CT molecular complexity index is 628. The van der Waals surface area contributed by atoms with Crippen LogP contribution in [0.15, 0.2) is 42.6 Å². The number of ether oxygens (including phenoxy) is 2. The van der Waals surface area contributed by atoms with Crippen LogP contribution in [-0.2, 0) is 4.74 Å². The number of nitrogens with one attached hydrogen (secondary N) is 1. The molecule has 1 aromatic carbocycles. The topological polar surface area (TPSA) is 56.3 Å². The Kier molecular flexibility index (Phi) is 3.09. The van der Waals surface area contributed by atoms with Crippen molar-refractivity contribution in [1.29, 1.82) is 0 Å². The van der Waals surface area contributed by atoms with E-state index in [1.54, 1.807) is 18.3 Å². The SMILES string of the molecule is c1cc(Oc2cccnn2)cc(C2CNCC3(CC3)O2)c1. The van der Waals surface area contributed by atoms with Crippen molar-refractivity contribution in [2.75, 3.05) is 13.1 Å². The molecule has 1 atom stereocenters. The molecule has 1 aliphatic carbocycles. The molecule has 1 saturated carbocycles. The third-order valence-electron chi connectivity index (χ3n) is 3.98. The zero-order valence-corrected chi connectivity index (χ0v) is 11.7. The first-order valence-corrected chi connectivity index (χ1v) is 7.27. The Morgan fingerprint density at radius 1 is 1.24 bits per heavy atom. The van der Waals surface area contributed by atoms with Crippen LogP contribution >= 0.6 is 0 Å². The Labute approximate surface area is 123 Å². The second-order valence-corrected chi connectivity index (χ2v) is 5.66. The molecular formula is C16H17N3O2. The minimum Gasteiger partial charge on any atom is -0.438 e. The summed E-state index contributed by atoms with van der Waals surface area (Å²) in [6, 6.07) is 11.6. The van der Waals surface area contributed by atoms with Gasteiger partial charge in [-0.25, -0.2) is 0 Å². The van der Waals surface area contributed by atoms with Crippen molar-refractivity contribution in [2.24, 2.45) is 0 Å². The van der Waals surface area contributed by atoms with Crippen LogP contribution in [0.4, 0.5) is 0 Å². The van der Waals surface area contributed by atoms with Gasteiger partial charge in [0, 0.05) is 25.4 Å². The van der Waals surface area contributed by atoms with Crippen LogP contribution in [0.1, 0.15) is 24.5 Å². The highest BCUT2D eigenvalue weighted by Crippen LogP contribution is 2.44. The maximum Gasteiger partial charge on any atom is 0.238 e. The monoisotopic (exact) mass is 283 g/mol. The Balaban J connectivity index is 1.52. The molecule has 0 radical (unpaired) electrons. The second-order valence-electron chi connectivity index (χ2n) is 5.66. The summed E-state index contributed by atoms with van der Waals surface area (Å²) in [5, 5.41) is 11.2. The Hall–Kier alpha value is -1.98. The largest absolute Gasteiger partial charge is 0.438 e. The third kappa shape index (κ3) is 2.75. The lowest BCUT2D eigenvalue weighted by molar-refractivity contribution is -0.0564. The van der Waals surface area contributed by atoms with Crippen molar-refractivity contribution in [3.05, 3.63) is 48.2 Å². The normalized spacial score (nSPS) is 23.0. The summed E-state index contributed by atoms with van der Waals surface area (Å²) in [7, 11) is 0. The number of rotatable bonds is 3. The first-order chi connectivity index (χ1) is 10.3. The van der Waals surface area contributed by atoms with E-state index < -0.39 is 0 Å². The molecule has 1 unspecified atom stereocenters. The van der Waals surface area contributed by atoms with E-state index in [-0.39, 0.29) is 11.7 Å². The fraction of sp³-hybridized carbons (Fsp3) is 0.375. The van der Waals surface area contributed by atoms with Crippen molar-refractivity contribution in [3.8, 4) is 11.6 Å². The van der Waals surface area contributed by atoms with Crippen molar-refractivity contribution in [3.63, 3.8) is 0 Å². The van der Waals surface area contributed by atoms with E-state index in [9.17, 15) is 0 Å². The maximum absolute atomic E-state index is 6.23. The zero-order chi connectivity index (χ0) is 14.1. The lowest BCUT2D eigenvalue weighted by atomic mass is 10.1. The second kappa shape index (κ2) is 5.09. The molecule has 1 aromatic heterocycles. The molecule has 5 heteroatoms. The molecule has 2 fully saturated rings. The van der Waals surface area contributed by atoms with Crippen LogP contribution in [0, 0.1) is 0 Å². The summed E-state index contributed by atoms with van der Waals surface area (Å²) in [6.45, 7) is 1.82. The summed E-state index contributed by atoms with van der Waals surface area (Å²) in [5.74, 6) is 1.25. The third-order valence-corrected chi connectivity index (χ3v) is 3.98. The van der Waals surface area contributed by atoms with E-state index in [1.807, 2.05) is 18.2 Å². The van der Waals surface area contributed by atoms with Gasteiger partial charge in [-0.15, -0.1) is 5.10 Å². The van der Waals surface area contributed by atoms with Crippen LogP contribution in [0.5, 0.6) is 11.6 Å². The van der Waals surface area contributed by atoms with E-state index in [0.717, 1.165) is 37.2 Å². The highest BCUT2D eigenvalue weighted by molar-refractivity contribution is 5.33. The molecule has 1 N–H and O–H groups in total. The number of hydrogen-bond donors (Lipinski definition) is 1. The zero-order valence-electron chi connectivity index (χ0n) is 11.7.